The van der Waals surface area contributed by atoms with Crippen LogP contribution in [0.1, 0.15) is 45.4 Å². The van der Waals surface area contributed by atoms with Gasteiger partial charge in [-0.1, -0.05) is 13.3 Å². The summed E-state index contributed by atoms with van der Waals surface area (Å²) in [6.07, 6.45) is 6.54. The lowest BCUT2D eigenvalue weighted by molar-refractivity contribution is -0.125. The van der Waals surface area contributed by atoms with Gasteiger partial charge < -0.3 is 11.1 Å². The molecular formula is C13H24N2OS. The first-order valence-electron chi connectivity index (χ1n) is 6.88. The molecule has 0 aliphatic heterocycles. The molecule has 4 heteroatoms. The van der Waals surface area contributed by atoms with Crippen molar-refractivity contribution in [2.45, 2.75) is 62.8 Å². The van der Waals surface area contributed by atoms with Crippen molar-refractivity contribution in [3.8, 4) is 0 Å². The van der Waals surface area contributed by atoms with E-state index in [2.05, 4.69) is 12.2 Å². The van der Waals surface area contributed by atoms with Crippen LogP contribution in [0.4, 0.5) is 0 Å². The van der Waals surface area contributed by atoms with E-state index >= 15 is 0 Å². The van der Waals surface area contributed by atoms with Crippen molar-refractivity contribution in [3.05, 3.63) is 0 Å². The van der Waals surface area contributed by atoms with Gasteiger partial charge in [0.05, 0.1) is 0 Å². The second-order valence-corrected chi connectivity index (χ2v) is 6.83. The number of nitrogens with two attached hydrogens (primary N) is 1. The van der Waals surface area contributed by atoms with E-state index in [1.165, 1.54) is 12.8 Å². The molecule has 4 unspecified atom stereocenters. The minimum absolute atomic E-state index is 0.179. The van der Waals surface area contributed by atoms with E-state index in [1.54, 1.807) is 0 Å². The highest BCUT2D eigenvalue weighted by Gasteiger charge is 2.33. The molecule has 4 atom stereocenters. The number of carbonyl (C=O) groups excluding carboxylic acids is 1. The second-order valence-electron chi connectivity index (χ2n) is 5.31. The van der Waals surface area contributed by atoms with Gasteiger partial charge in [-0.05, 0) is 37.9 Å². The van der Waals surface area contributed by atoms with Gasteiger partial charge in [-0.25, -0.2) is 0 Å². The van der Waals surface area contributed by atoms with E-state index < -0.39 is 0 Å². The summed E-state index contributed by atoms with van der Waals surface area (Å²) in [4.78, 5) is 12.1. The maximum Gasteiger partial charge on any atom is 0.223 e. The number of amides is 1. The van der Waals surface area contributed by atoms with Crippen molar-refractivity contribution in [2.75, 3.05) is 5.75 Å². The van der Waals surface area contributed by atoms with Crippen LogP contribution in [0.25, 0.3) is 0 Å². The molecule has 0 spiro atoms. The SMILES string of the molecule is CCSC1CCCC1NC(=O)C1CCC(N)C1. The van der Waals surface area contributed by atoms with Crippen LogP contribution in [0.15, 0.2) is 0 Å². The third-order valence-corrected chi connectivity index (χ3v) is 5.33. The van der Waals surface area contributed by atoms with Gasteiger partial charge >= 0.3 is 0 Å². The molecule has 3 nitrogen and oxygen atoms in total. The van der Waals surface area contributed by atoms with Crippen LogP contribution in [-0.4, -0.2) is 29.0 Å². The molecule has 0 bridgehead atoms. The molecule has 0 aromatic rings. The number of thioether (sulfide) groups is 1. The van der Waals surface area contributed by atoms with Crippen molar-refractivity contribution in [1.82, 2.24) is 5.32 Å². The highest BCUT2D eigenvalue weighted by atomic mass is 32.2. The molecule has 17 heavy (non-hydrogen) atoms. The third-order valence-electron chi connectivity index (χ3n) is 4.00. The molecule has 1 amide bonds. The lowest BCUT2D eigenvalue weighted by atomic mass is 10.1. The van der Waals surface area contributed by atoms with Crippen LogP contribution in [0, 0.1) is 5.92 Å². The lowest BCUT2D eigenvalue weighted by Gasteiger charge is -2.22. The lowest BCUT2D eigenvalue weighted by Crippen LogP contribution is -2.41. The molecule has 2 rings (SSSR count). The van der Waals surface area contributed by atoms with Crippen molar-refractivity contribution in [2.24, 2.45) is 11.7 Å². The van der Waals surface area contributed by atoms with Crippen LogP contribution in [-0.2, 0) is 4.79 Å². The maximum absolute atomic E-state index is 12.1. The average Bonchev–Trinajstić information content (AvgIpc) is 2.89. The van der Waals surface area contributed by atoms with Crippen LogP contribution in [0.3, 0.4) is 0 Å². The van der Waals surface area contributed by atoms with E-state index in [4.69, 9.17) is 5.73 Å². The van der Waals surface area contributed by atoms with Gasteiger partial charge in [-0.2, -0.15) is 11.8 Å². The molecule has 0 heterocycles. The fourth-order valence-electron chi connectivity index (χ4n) is 3.06. The number of carbonyl (C=O) groups is 1. The summed E-state index contributed by atoms with van der Waals surface area (Å²) in [7, 11) is 0. The minimum Gasteiger partial charge on any atom is -0.352 e. The zero-order chi connectivity index (χ0) is 12.3. The highest BCUT2D eigenvalue weighted by Crippen LogP contribution is 2.31. The first-order chi connectivity index (χ1) is 8.20. The smallest absolute Gasteiger partial charge is 0.223 e. The molecule has 0 radical (unpaired) electrons. The Morgan fingerprint density at radius 3 is 2.82 bits per heavy atom. The Morgan fingerprint density at radius 2 is 2.18 bits per heavy atom. The summed E-state index contributed by atoms with van der Waals surface area (Å²) in [6, 6.07) is 0.652. The van der Waals surface area contributed by atoms with Gasteiger partial charge in [0.15, 0.2) is 0 Å². The molecule has 0 aromatic carbocycles. The van der Waals surface area contributed by atoms with Gasteiger partial charge in [0, 0.05) is 23.3 Å². The fraction of sp³-hybridized carbons (Fsp3) is 0.923. The van der Waals surface area contributed by atoms with Crippen LogP contribution >= 0.6 is 11.8 Å². The van der Waals surface area contributed by atoms with E-state index in [9.17, 15) is 4.79 Å². The molecule has 2 aliphatic carbocycles. The summed E-state index contributed by atoms with van der Waals surface area (Å²) in [6.45, 7) is 2.19. The number of hydrogen-bond donors (Lipinski definition) is 2. The normalized spacial score (nSPS) is 37.3. The van der Waals surface area contributed by atoms with Crippen LogP contribution in [0.5, 0.6) is 0 Å². The monoisotopic (exact) mass is 256 g/mol. The topological polar surface area (TPSA) is 55.1 Å². The van der Waals surface area contributed by atoms with Crippen LogP contribution < -0.4 is 11.1 Å². The van der Waals surface area contributed by atoms with E-state index in [0.29, 0.717) is 11.3 Å². The summed E-state index contributed by atoms with van der Waals surface area (Å²) in [5.74, 6) is 1.58. The van der Waals surface area contributed by atoms with Gasteiger partial charge in [0.1, 0.15) is 0 Å². The fourth-order valence-corrected chi connectivity index (χ4v) is 4.26. The molecule has 2 aliphatic rings. The zero-order valence-electron chi connectivity index (χ0n) is 10.7. The second kappa shape index (κ2) is 6.10. The van der Waals surface area contributed by atoms with Crippen molar-refractivity contribution in [3.63, 3.8) is 0 Å². The Bertz CT molecular complexity index is 272. The number of nitrogens with one attached hydrogen (secondary N) is 1. The van der Waals surface area contributed by atoms with E-state index in [-0.39, 0.29) is 17.9 Å². The zero-order valence-corrected chi connectivity index (χ0v) is 11.5. The van der Waals surface area contributed by atoms with Gasteiger partial charge in [0.2, 0.25) is 5.91 Å². The first-order valence-corrected chi connectivity index (χ1v) is 7.93. The molecule has 0 aromatic heterocycles. The Balaban J connectivity index is 1.81. The largest absolute Gasteiger partial charge is 0.352 e. The summed E-state index contributed by atoms with van der Waals surface area (Å²) < 4.78 is 0. The molecule has 98 valence electrons. The molecule has 3 N–H and O–H groups in total. The van der Waals surface area contributed by atoms with Gasteiger partial charge in [0.25, 0.3) is 0 Å². The molecule has 2 fully saturated rings. The average molecular weight is 256 g/mol. The van der Waals surface area contributed by atoms with Crippen molar-refractivity contribution in [1.29, 1.82) is 0 Å². The van der Waals surface area contributed by atoms with Crippen molar-refractivity contribution < 1.29 is 4.79 Å². The quantitative estimate of drug-likeness (QED) is 0.808. The Labute approximate surface area is 108 Å². The molecule has 2 saturated carbocycles. The Hall–Kier alpha value is -0.220. The van der Waals surface area contributed by atoms with E-state index in [0.717, 1.165) is 31.4 Å². The maximum atomic E-state index is 12.1. The molecule has 0 saturated heterocycles. The summed E-state index contributed by atoms with van der Waals surface area (Å²) >= 11 is 1.99. The Kier molecular flexibility index (Phi) is 4.74. The van der Waals surface area contributed by atoms with Gasteiger partial charge in [-0.3, -0.25) is 4.79 Å². The summed E-state index contributed by atoms with van der Waals surface area (Å²) in [5, 5.41) is 3.90. The number of hydrogen-bond acceptors (Lipinski definition) is 3. The number of rotatable bonds is 4. The van der Waals surface area contributed by atoms with Crippen molar-refractivity contribution >= 4 is 17.7 Å². The standard InChI is InChI=1S/C13H24N2OS/c1-2-17-12-5-3-4-11(12)15-13(16)9-6-7-10(14)8-9/h9-12H,2-8,14H2,1H3,(H,15,16). The predicted molar refractivity (Wildman–Crippen MR) is 73.0 cm³/mol. The highest BCUT2D eigenvalue weighted by molar-refractivity contribution is 7.99. The van der Waals surface area contributed by atoms with E-state index in [1.807, 2.05) is 11.8 Å². The van der Waals surface area contributed by atoms with Gasteiger partial charge in [-0.15, -0.1) is 0 Å². The van der Waals surface area contributed by atoms with Crippen LogP contribution in [0.2, 0.25) is 0 Å². The molecular weight excluding hydrogens is 232 g/mol. The Morgan fingerprint density at radius 1 is 1.35 bits per heavy atom. The summed E-state index contributed by atoms with van der Waals surface area (Å²) in [5.41, 5.74) is 5.86. The first kappa shape index (κ1) is 13.2. The third kappa shape index (κ3) is 3.38. The predicted octanol–water partition coefficient (Wildman–Crippen LogP) is 1.90. The minimum atomic E-state index is 0.179.